The lowest BCUT2D eigenvalue weighted by Gasteiger charge is -2.18. The van der Waals surface area contributed by atoms with E-state index in [1.807, 2.05) is 0 Å². The Morgan fingerprint density at radius 3 is 0.845 bits per heavy atom. The minimum atomic E-state index is -0.760. The Morgan fingerprint density at radius 1 is 0.328 bits per heavy atom. The fourth-order valence-electron chi connectivity index (χ4n) is 7.81. The standard InChI is InChI=1S/C52H100O6/c1-6-7-8-9-25-34-39-44-52(55)58-49(46-57-51(54)43-38-33-29-24-20-16-15-18-22-27-31-36-41-48(4)5)45-56-50(53)42-37-32-28-23-19-14-12-10-11-13-17-21-26-30-35-40-47(2)3/h47-49H,6-46H2,1-5H3/t49-/m0/s1. The summed E-state index contributed by atoms with van der Waals surface area (Å²) in [5.74, 6) is 0.828. The molecule has 0 saturated heterocycles. The molecule has 1 atom stereocenters. The molecule has 344 valence electrons. The summed E-state index contributed by atoms with van der Waals surface area (Å²) in [5, 5.41) is 0. The lowest BCUT2D eigenvalue weighted by molar-refractivity contribution is -0.167. The van der Waals surface area contributed by atoms with Crippen LogP contribution >= 0.6 is 0 Å². The number of rotatable bonds is 46. The van der Waals surface area contributed by atoms with Gasteiger partial charge in [-0.1, -0.05) is 247 Å². The van der Waals surface area contributed by atoms with Gasteiger partial charge in [0.1, 0.15) is 13.2 Å². The van der Waals surface area contributed by atoms with E-state index in [4.69, 9.17) is 14.2 Å². The van der Waals surface area contributed by atoms with Gasteiger partial charge in [-0.3, -0.25) is 14.4 Å². The maximum Gasteiger partial charge on any atom is 0.306 e. The van der Waals surface area contributed by atoms with Crippen LogP contribution in [0.4, 0.5) is 0 Å². The second-order valence-electron chi connectivity index (χ2n) is 18.8. The van der Waals surface area contributed by atoms with Crippen molar-refractivity contribution in [2.75, 3.05) is 13.2 Å². The molecule has 0 saturated carbocycles. The molecule has 0 heterocycles. The van der Waals surface area contributed by atoms with Crippen LogP contribution in [0.15, 0.2) is 0 Å². The number of esters is 3. The highest BCUT2D eigenvalue weighted by Gasteiger charge is 2.19. The third kappa shape index (κ3) is 45.5. The molecular formula is C52H100O6. The van der Waals surface area contributed by atoms with Crippen molar-refractivity contribution < 1.29 is 28.6 Å². The summed E-state index contributed by atoms with van der Waals surface area (Å²) in [5.41, 5.74) is 0. The van der Waals surface area contributed by atoms with E-state index in [-0.39, 0.29) is 31.1 Å². The number of unbranched alkanes of at least 4 members (excludes halogenated alkanes) is 31. The highest BCUT2D eigenvalue weighted by atomic mass is 16.6. The molecule has 0 radical (unpaired) electrons. The number of hydrogen-bond donors (Lipinski definition) is 0. The lowest BCUT2D eigenvalue weighted by atomic mass is 10.0. The average Bonchev–Trinajstić information content (AvgIpc) is 3.19. The predicted octanol–water partition coefficient (Wildman–Crippen LogP) is 16.5. The number of carbonyl (C=O) groups is 3. The molecule has 0 bridgehead atoms. The zero-order valence-corrected chi connectivity index (χ0v) is 39.7. The van der Waals surface area contributed by atoms with Gasteiger partial charge in [-0.15, -0.1) is 0 Å². The number of ether oxygens (including phenoxy) is 3. The van der Waals surface area contributed by atoms with Crippen molar-refractivity contribution in [3.8, 4) is 0 Å². The fourth-order valence-corrected chi connectivity index (χ4v) is 7.81. The van der Waals surface area contributed by atoms with Gasteiger partial charge >= 0.3 is 17.9 Å². The van der Waals surface area contributed by atoms with Crippen molar-refractivity contribution in [2.45, 2.75) is 291 Å². The third-order valence-corrected chi connectivity index (χ3v) is 11.7. The monoisotopic (exact) mass is 821 g/mol. The summed E-state index contributed by atoms with van der Waals surface area (Å²) in [6.07, 6.45) is 45.3. The van der Waals surface area contributed by atoms with Gasteiger partial charge in [-0.05, 0) is 31.1 Å². The fraction of sp³-hybridized carbons (Fsp3) is 0.942. The number of hydrogen-bond acceptors (Lipinski definition) is 6. The average molecular weight is 821 g/mol. The van der Waals surface area contributed by atoms with Gasteiger partial charge in [0, 0.05) is 19.3 Å². The molecule has 58 heavy (non-hydrogen) atoms. The van der Waals surface area contributed by atoms with E-state index >= 15 is 0 Å². The minimum Gasteiger partial charge on any atom is -0.462 e. The van der Waals surface area contributed by atoms with Crippen LogP contribution in [0, 0.1) is 11.8 Å². The number of carbonyl (C=O) groups excluding carboxylic acids is 3. The quantitative estimate of drug-likeness (QED) is 0.0346. The minimum absolute atomic E-state index is 0.0642. The molecule has 0 unspecified atom stereocenters. The normalized spacial score (nSPS) is 12.1. The Labute approximate surface area is 361 Å². The smallest absolute Gasteiger partial charge is 0.306 e. The van der Waals surface area contributed by atoms with Crippen LogP contribution in [0.5, 0.6) is 0 Å². The maximum atomic E-state index is 12.7. The van der Waals surface area contributed by atoms with Crippen LogP contribution in [0.1, 0.15) is 285 Å². The van der Waals surface area contributed by atoms with E-state index in [0.29, 0.717) is 19.3 Å². The SMILES string of the molecule is CCCCCCCCCC(=O)O[C@@H](COC(=O)CCCCCCCCCCCCCCCCCC(C)C)COC(=O)CCCCCCCCCCCCCCC(C)C. The summed E-state index contributed by atoms with van der Waals surface area (Å²) < 4.78 is 16.7. The Kier molecular flexibility index (Phi) is 43.7. The van der Waals surface area contributed by atoms with E-state index in [1.165, 1.54) is 173 Å². The van der Waals surface area contributed by atoms with E-state index in [2.05, 4.69) is 34.6 Å². The van der Waals surface area contributed by atoms with Crippen LogP contribution in [-0.4, -0.2) is 37.2 Å². The second-order valence-corrected chi connectivity index (χ2v) is 18.8. The van der Waals surface area contributed by atoms with Gasteiger partial charge in [0.05, 0.1) is 0 Å². The third-order valence-electron chi connectivity index (χ3n) is 11.7. The van der Waals surface area contributed by atoms with Crippen molar-refractivity contribution in [1.82, 2.24) is 0 Å². The molecule has 0 aromatic rings. The van der Waals surface area contributed by atoms with E-state index in [9.17, 15) is 14.4 Å². The highest BCUT2D eigenvalue weighted by Crippen LogP contribution is 2.17. The summed E-state index contributed by atoms with van der Waals surface area (Å²) in [6.45, 7) is 11.3. The summed E-state index contributed by atoms with van der Waals surface area (Å²) in [6, 6.07) is 0. The molecule has 0 N–H and O–H groups in total. The Balaban J connectivity index is 4.15. The molecule has 0 spiro atoms. The van der Waals surface area contributed by atoms with Crippen molar-refractivity contribution in [3.05, 3.63) is 0 Å². The van der Waals surface area contributed by atoms with Crippen LogP contribution in [0.2, 0.25) is 0 Å². The van der Waals surface area contributed by atoms with Crippen molar-refractivity contribution >= 4 is 17.9 Å². The van der Waals surface area contributed by atoms with Gasteiger partial charge in [0.2, 0.25) is 0 Å². The van der Waals surface area contributed by atoms with Crippen LogP contribution in [-0.2, 0) is 28.6 Å². The van der Waals surface area contributed by atoms with Crippen LogP contribution in [0.25, 0.3) is 0 Å². The van der Waals surface area contributed by atoms with Gasteiger partial charge in [-0.25, -0.2) is 0 Å². The van der Waals surface area contributed by atoms with Crippen molar-refractivity contribution in [1.29, 1.82) is 0 Å². The zero-order valence-electron chi connectivity index (χ0n) is 39.7. The molecule has 0 aromatic heterocycles. The van der Waals surface area contributed by atoms with Gasteiger partial charge < -0.3 is 14.2 Å². The zero-order chi connectivity index (χ0) is 42.6. The molecule has 6 heteroatoms. The van der Waals surface area contributed by atoms with Crippen LogP contribution < -0.4 is 0 Å². The Hall–Kier alpha value is -1.59. The molecule has 0 aromatic carbocycles. The largest absolute Gasteiger partial charge is 0.462 e. The maximum absolute atomic E-state index is 12.7. The first-order chi connectivity index (χ1) is 28.2. The molecular weight excluding hydrogens is 721 g/mol. The predicted molar refractivity (Wildman–Crippen MR) is 247 cm³/mol. The van der Waals surface area contributed by atoms with Gasteiger partial charge in [0.15, 0.2) is 6.10 Å². The van der Waals surface area contributed by atoms with Crippen molar-refractivity contribution in [3.63, 3.8) is 0 Å². The molecule has 6 nitrogen and oxygen atoms in total. The summed E-state index contributed by atoms with van der Waals surface area (Å²) in [7, 11) is 0. The van der Waals surface area contributed by atoms with Crippen LogP contribution in [0.3, 0.4) is 0 Å². The summed E-state index contributed by atoms with van der Waals surface area (Å²) in [4.78, 5) is 37.8. The lowest BCUT2D eigenvalue weighted by Crippen LogP contribution is -2.30. The van der Waals surface area contributed by atoms with Crippen molar-refractivity contribution in [2.24, 2.45) is 11.8 Å². The van der Waals surface area contributed by atoms with Gasteiger partial charge in [0.25, 0.3) is 0 Å². The topological polar surface area (TPSA) is 78.9 Å². The molecule has 0 fully saturated rings. The molecule has 0 aliphatic rings. The molecule has 0 rings (SSSR count). The first-order valence-corrected chi connectivity index (χ1v) is 25.7. The van der Waals surface area contributed by atoms with E-state index in [1.54, 1.807) is 0 Å². The highest BCUT2D eigenvalue weighted by molar-refractivity contribution is 5.71. The molecule has 0 aliphatic carbocycles. The molecule has 0 amide bonds. The van der Waals surface area contributed by atoms with E-state index < -0.39 is 6.10 Å². The second kappa shape index (κ2) is 44.9. The van der Waals surface area contributed by atoms with E-state index in [0.717, 1.165) is 69.6 Å². The first-order valence-electron chi connectivity index (χ1n) is 25.7. The Bertz CT molecular complexity index is 885. The van der Waals surface area contributed by atoms with Gasteiger partial charge in [-0.2, -0.15) is 0 Å². The first kappa shape index (κ1) is 56.4. The summed E-state index contributed by atoms with van der Waals surface area (Å²) >= 11 is 0. The Morgan fingerprint density at radius 2 is 0.569 bits per heavy atom. The molecule has 0 aliphatic heterocycles.